The van der Waals surface area contributed by atoms with Crippen LogP contribution in [0.2, 0.25) is 0 Å². The van der Waals surface area contributed by atoms with Crippen LogP contribution in [0.1, 0.15) is 40.3 Å². The number of aromatic nitrogens is 1. The number of fused-ring (bicyclic) bond motifs is 1. The second kappa shape index (κ2) is 14.4. The molecule has 0 spiro atoms. The zero-order valence-corrected chi connectivity index (χ0v) is 28.0. The fourth-order valence-electron chi connectivity index (χ4n) is 4.69. The van der Waals surface area contributed by atoms with Gasteiger partial charge in [-0.2, -0.15) is 5.10 Å². The lowest BCUT2D eigenvalue weighted by Gasteiger charge is -2.12. The first-order valence-corrected chi connectivity index (χ1v) is 15.5. The van der Waals surface area contributed by atoms with Crippen LogP contribution in [-0.4, -0.2) is 42.8 Å². The molecular weight excluding hydrogens is 722 g/mol. The summed E-state index contributed by atoms with van der Waals surface area (Å²) in [5.41, 5.74) is 5.76. The maximum Gasteiger partial charge on any atom is 0.343 e. The molecule has 1 aromatic heterocycles. The molecule has 2 N–H and O–H groups in total. The first-order valence-electron chi connectivity index (χ1n) is 13.9. The Morgan fingerprint density at radius 2 is 1.72 bits per heavy atom. The molecule has 0 saturated heterocycles. The zero-order chi connectivity index (χ0) is 32.8. The summed E-state index contributed by atoms with van der Waals surface area (Å²) in [5, 5.41) is 5.02. The number of nitrogens with zero attached hydrogens (tertiary/aromatic N) is 1. The maximum absolute atomic E-state index is 13.5. The van der Waals surface area contributed by atoms with Gasteiger partial charge in [0.25, 0.3) is 5.91 Å². The normalized spacial score (nSPS) is 11.0. The summed E-state index contributed by atoms with van der Waals surface area (Å²) in [7, 11) is 1.39. The number of hydrazone groups is 1. The van der Waals surface area contributed by atoms with Gasteiger partial charge in [-0.25, -0.2) is 10.2 Å². The average Bonchev–Trinajstić information content (AvgIpc) is 3.42. The van der Waals surface area contributed by atoms with Crippen LogP contribution in [0.4, 0.5) is 0 Å². The molecule has 0 aliphatic rings. The van der Waals surface area contributed by atoms with Crippen molar-refractivity contribution < 1.29 is 33.3 Å². The highest BCUT2D eigenvalue weighted by molar-refractivity contribution is 9.11. The summed E-state index contributed by atoms with van der Waals surface area (Å²) < 4.78 is 22.9. The zero-order valence-electron chi connectivity index (χ0n) is 24.9. The van der Waals surface area contributed by atoms with E-state index in [-0.39, 0.29) is 22.8 Å². The van der Waals surface area contributed by atoms with Gasteiger partial charge in [0.2, 0.25) is 0 Å². The molecule has 5 rings (SSSR count). The maximum atomic E-state index is 13.5. The summed E-state index contributed by atoms with van der Waals surface area (Å²) >= 11 is 6.88. The smallest absolute Gasteiger partial charge is 0.343 e. The predicted octanol–water partition coefficient (Wildman–Crippen LogP) is 7.68. The van der Waals surface area contributed by atoms with Crippen LogP contribution >= 0.6 is 31.9 Å². The Balaban J connectivity index is 1.42. The van der Waals surface area contributed by atoms with Crippen molar-refractivity contribution in [3.05, 3.63) is 105 Å². The van der Waals surface area contributed by atoms with Crippen LogP contribution in [0.25, 0.3) is 22.0 Å². The van der Waals surface area contributed by atoms with Crippen LogP contribution in [0.5, 0.6) is 23.0 Å². The van der Waals surface area contributed by atoms with E-state index in [0.717, 1.165) is 16.5 Å². The molecule has 1 heterocycles. The van der Waals surface area contributed by atoms with E-state index in [1.165, 1.54) is 38.4 Å². The molecule has 46 heavy (non-hydrogen) atoms. The van der Waals surface area contributed by atoms with Crippen molar-refractivity contribution in [2.45, 2.75) is 13.8 Å². The first-order chi connectivity index (χ1) is 22.2. The summed E-state index contributed by atoms with van der Waals surface area (Å²) in [4.78, 5) is 41.3. The Hall–Kier alpha value is -4.94. The topological polar surface area (TPSA) is 128 Å². The minimum Gasteiger partial charge on any atom is -0.494 e. The van der Waals surface area contributed by atoms with Gasteiger partial charge in [-0.05, 0) is 76.9 Å². The van der Waals surface area contributed by atoms with Crippen LogP contribution in [0, 0.1) is 0 Å². The molecule has 0 aliphatic carbocycles. The molecule has 10 nitrogen and oxygen atoms in total. The molecule has 5 aromatic rings. The molecule has 12 heteroatoms. The number of hydrogen-bond donors (Lipinski definition) is 2. The first kappa shape index (κ1) is 32.5. The number of ether oxygens (including phenoxy) is 4. The van der Waals surface area contributed by atoms with Gasteiger partial charge in [0.05, 0.1) is 30.0 Å². The lowest BCUT2D eigenvalue weighted by atomic mass is 10.0. The van der Waals surface area contributed by atoms with Gasteiger partial charge in [-0.1, -0.05) is 46.3 Å². The van der Waals surface area contributed by atoms with Gasteiger partial charge < -0.3 is 23.9 Å². The number of H-pyrrole nitrogens is 1. The molecule has 234 valence electrons. The van der Waals surface area contributed by atoms with Crippen molar-refractivity contribution in [3.8, 4) is 34.1 Å². The van der Waals surface area contributed by atoms with E-state index in [1.54, 1.807) is 12.1 Å². The number of carbonyl (C=O) groups excluding carboxylic acids is 3. The molecule has 0 bridgehead atoms. The lowest BCUT2D eigenvalue weighted by molar-refractivity contribution is -0.132. The fourth-order valence-corrected chi connectivity index (χ4v) is 6.03. The fraction of sp³-hybridized carbons (Fsp3) is 0.118. The highest BCUT2D eigenvalue weighted by Gasteiger charge is 2.21. The van der Waals surface area contributed by atoms with Crippen molar-refractivity contribution in [2.75, 3.05) is 13.7 Å². The lowest BCUT2D eigenvalue weighted by Crippen LogP contribution is -2.19. The highest BCUT2D eigenvalue weighted by atomic mass is 79.9. The van der Waals surface area contributed by atoms with Gasteiger partial charge in [-0.3, -0.25) is 9.59 Å². The van der Waals surface area contributed by atoms with E-state index >= 15 is 0 Å². The van der Waals surface area contributed by atoms with E-state index in [4.69, 9.17) is 18.9 Å². The largest absolute Gasteiger partial charge is 0.494 e. The third-order valence-electron chi connectivity index (χ3n) is 6.63. The van der Waals surface area contributed by atoms with E-state index in [9.17, 15) is 14.4 Å². The second-order valence-electron chi connectivity index (χ2n) is 9.74. The van der Waals surface area contributed by atoms with Crippen molar-refractivity contribution in [3.63, 3.8) is 0 Å². The number of esters is 2. The van der Waals surface area contributed by atoms with Crippen LogP contribution in [0.3, 0.4) is 0 Å². The number of rotatable bonds is 10. The quantitative estimate of drug-likeness (QED) is 0.0649. The number of aromatic amines is 1. The Morgan fingerprint density at radius 1 is 0.935 bits per heavy atom. The Morgan fingerprint density at radius 3 is 2.43 bits per heavy atom. The van der Waals surface area contributed by atoms with Crippen LogP contribution < -0.4 is 24.4 Å². The molecule has 1 amide bonds. The number of nitrogens with one attached hydrogen (secondary N) is 2. The summed E-state index contributed by atoms with van der Waals surface area (Å²) in [6, 6.07) is 22.9. The van der Waals surface area contributed by atoms with Crippen molar-refractivity contribution >= 4 is 66.8 Å². The highest BCUT2D eigenvalue weighted by Crippen LogP contribution is 2.36. The average molecular weight is 749 g/mol. The van der Waals surface area contributed by atoms with Gasteiger partial charge in [0.1, 0.15) is 11.4 Å². The molecule has 0 radical (unpaired) electrons. The standard InChI is InChI=1S/C34H27Br2N3O7/c1-4-44-24-11-12-27-25(17-24)30(20-8-6-5-7-9-20)31(38-27)33(41)39-37-18-22-14-23(35)16-26(36)32(22)46-34(42)21-10-13-28(45-19(2)40)29(15-21)43-3/h5-18,38H,4H2,1-3H3,(H,39,41). The predicted molar refractivity (Wildman–Crippen MR) is 181 cm³/mol. The van der Waals surface area contributed by atoms with Crippen LogP contribution in [-0.2, 0) is 4.79 Å². The molecule has 0 unspecified atom stereocenters. The van der Waals surface area contributed by atoms with Gasteiger partial charge in [0, 0.05) is 33.4 Å². The molecule has 0 saturated carbocycles. The third kappa shape index (κ3) is 7.30. The van der Waals surface area contributed by atoms with Gasteiger partial charge in [0.15, 0.2) is 17.2 Å². The Labute approximate surface area is 281 Å². The molecular formula is C34H27Br2N3O7. The number of methoxy groups -OCH3 is 1. The van der Waals surface area contributed by atoms with Gasteiger partial charge >= 0.3 is 11.9 Å². The number of benzene rings is 4. The number of halogens is 2. The van der Waals surface area contributed by atoms with Gasteiger partial charge in [-0.15, -0.1) is 0 Å². The van der Waals surface area contributed by atoms with E-state index in [2.05, 4.69) is 47.4 Å². The van der Waals surface area contributed by atoms with Crippen molar-refractivity contribution in [1.82, 2.24) is 10.4 Å². The number of carbonyl (C=O) groups is 3. The molecule has 0 fully saturated rings. The van der Waals surface area contributed by atoms with E-state index in [0.29, 0.717) is 38.1 Å². The third-order valence-corrected chi connectivity index (χ3v) is 7.67. The summed E-state index contributed by atoms with van der Waals surface area (Å²) in [5.74, 6) is -0.501. The summed E-state index contributed by atoms with van der Waals surface area (Å²) in [6.07, 6.45) is 1.37. The number of hydrogen-bond acceptors (Lipinski definition) is 8. The molecule has 0 aliphatic heterocycles. The Bertz CT molecular complexity index is 1970. The van der Waals surface area contributed by atoms with Crippen LogP contribution in [0.15, 0.2) is 92.9 Å². The molecule has 4 aromatic carbocycles. The minimum atomic E-state index is -0.702. The van der Waals surface area contributed by atoms with Crippen molar-refractivity contribution in [2.24, 2.45) is 5.10 Å². The summed E-state index contributed by atoms with van der Waals surface area (Å²) in [6.45, 7) is 3.69. The SMILES string of the molecule is CCOc1ccc2[nH]c(C(=O)NN=Cc3cc(Br)cc(Br)c3OC(=O)c3ccc(OC(C)=O)c(OC)c3)c(-c3ccccc3)c2c1. The monoisotopic (exact) mass is 747 g/mol. The molecule has 0 atom stereocenters. The van der Waals surface area contributed by atoms with Crippen molar-refractivity contribution in [1.29, 1.82) is 0 Å². The second-order valence-corrected chi connectivity index (χ2v) is 11.5. The van der Waals surface area contributed by atoms with E-state index < -0.39 is 17.8 Å². The van der Waals surface area contributed by atoms with E-state index in [1.807, 2.05) is 55.5 Å². The Kier molecular flexibility index (Phi) is 10.2. The number of amides is 1. The minimum absolute atomic E-state index is 0.151.